The summed E-state index contributed by atoms with van der Waals surface area (Å²) in [7, 11) is 1.17. The van der Waals surface area contributed by atoms with Gasteiger partial charge in [0.1, 0.15) is 6.04 Å². The summed E-state index contributed by atoms with van der Waals surface area (Å²) in [4.78, 5) is 37.6. The first-order valence-electron chi connectivity index (χ1n) is 8.07. The van der Waals surface area contributed by atoms with Crippen LogP contribution >= 0.6 is 0 Å². The van der Waals surface area contributed by atoms with Crippen molar-refractivity contribution in [2.75, 3.05) is 20.3 Å². The van der Waals surface area contributed by atoms with Crippen molar-refractivity contribution < 1.29 is 38.8 Å². The van der Waals surface area contributed by atoms with Crippen molar-refractivity contribution in [3.63, 3.8) is 0 Å². The van der Waals surface area contributed by atoms with Crippen LogP contribution in [0.1, 0.15) is 25.0 Å². The number of phenolic OH excluding ortho intramolecular Hbond substituents is 2. The fourth-order valence-electron chi connectivity index (χ4n) is 2.93. The first-order valence-corrected chi connectivity index (χ1v) is 8.07. The topological polar surface area (TPSA) is 131 Å². The van der Waals surface area contributed by atoms with Crippen LogP contribution in [0.4, 0.5) is 0 Å². The number of fused-ring (bicyclic) bond motifs is 1. The zero-order valence-corrected chi connectivity index (χ0v) is 14.7. The lowest BCUT2D eigenvalue weighted by atomic mass is 9.79. The van der Waals surface area contributed by atoms with E-state index in [0.717, 1.165) is 6.07 Å². The SMILES string of the molecule is CCOC(=O)C1(C(=O)OCC)N[C@H](C(=O)OC)Cc2cc(O)c(O)cc21. The van der Waals surface area contributed by atoms with Crippen molar-refractivity contribution >= 4 is 17.9 Å². The molecule has 1 aromatic carbocycles. The predicted molar refractivity (Wildman–Crippen MR) is 87.4 cm³/mol. The van der Waals surface area contributed by atoms with E-state index in [9.17, 15) is 24.6 Å². The van der Waals surface area contributed by atoms with Crippen molar-refractivity contribution in [3.8, 4) is 11.5 Å². The van der Waals surface area contributed by atoms with E-state index in [1.54, 1.807) is 13.8 Å². The number of hydrogen-bond acceptors (Lipinski definition) is 9. The van der Waals surface area contributed by atoms with E-state index in [1.165, 1.54) is 13.2 Å². The molecule has 1 aliphatic heterocycles. The lowest BCUT2D eigenvalue weighted by molar-refractivity contribution is -0.169. The van der Waals surface area contributed by atoms with E-state index in [-0.39, 0.29) is 25.2 Å². The van der Waals surface area contributed by atoms with Crippen LogP contribution < -0.4 is 5.32 Å². The number of carbonyl (C=O) groups is 3. The van der Waals surface area contributed by atoms with E-state index in [0.29, 0.717) is 5.56 Å². The lowest BCUT2D eigenvalue weighted by Crippen LogP contribution is -2.64. The summed E-state index contributed by atoms with van der Waals surface area (Å²) in [5.41, 5.74) is -1.83. The normalized spacial score (nSPS) is 17.7. The van der Waals surface area contributed by atoms with Gasteiger partial charge in [-0.3, -0.25) is 10.1 Å². The van der Waals surface area contributed by atoms with Gasteiger partial charge in [-0.05, 0) is 38.0 Å². The van der Waals surface area contributed by atoms with Gasteiger partial charge >= 0.3 is 17.9 Å². The molecule has 0 saturated heterocycles. The Morgan fingerprint density at radius 2 is 1.65 bits per heavy atom. The summed E-state index contributed by atoms with van der Waals surface area (Å²) < 4.78 is 14.8. The fraction of sp³-hybridized carbons (Fsp3) is 0.471. The molecule has 0 aliphatic carbocycles. The Kier molecular flexibility index (Phi) is 5.71. The van der Waals surface area contributed by atoms with Crippen LogP contribution in [0.5, 0.6) is 11.5 Å². The summed E-state index contributed by atoms with van der Waals surface area (Å²) in [6, 6.07) is 1.21. The zero-order valence-electron chi connectivity index (χ0n) is 14.7. The molecule has 0 spiro atoms. The summed E-state index contributed by atoms with van der Waals surface area (Å²) in [6.07, 6.45) is 0.0242. The minimum Gasteiger partial charge on any atom is -0.504 e. The average Bonchev–Trinajstić information content (AvgIpc) is 2.61. The van der Waals surface area contributed by atoms with Crippen LogP contribution in [0.2, 0.25) is 0 Å². The van der Waals surface area contributed by atoms with E-state index in [1.807, 2.05) is 0 Å². The second kappa shape index (κ2) is 7.61. The van der Waals surface area contributed by atoms with E-state index in [2.05, 4.69) is 5.32 Å². The summed E-state index contributed by atoms with van der Waals surface area (Å²) >= 11 is 0. The van der Waals surface area contributed by atoms with Gasteiger partial charge in [0, 0.05) is 5.56 Å². The van der Waals surface area contributed by atoms with Crippen molar-refractivity contribution in [2.45, 2.75) is 31.8 Å². The highest BCUT2D eigenvalue weighted by Gasteiger charge is 2.56. The minimum absolute atomic E-state index is 0.0239. The zero-order chi connectivity index (χ0) is 19.5. The van der Waals surface area contributed by atoms with Crippen molar-refractivity contribution in [1.82, 2.24) is 5.32 Å². The monoisotopic (exact) mass is 367 g/mol. The number of ether oxygens (including phenoxy) is 3. The Balaban J connectivity index is 2.73. The van der Waals surface area contributed by atoms with Gasteiger partial charge in [-0.15, -0.1) is 0 Å². The molecule has 0 unspecified atom stereocenters. The van der Waals surface area contributed by atoms with Gasteiger partial charge in [-0.25, -0.2) is 9.59 Å². The molecule has 142 valence electrons. The van der Waals surface area contributed by atoms with E-state index in [4.69, 9.17) is 14.2 Å². The van der Waals surface area contributed by atoms with E-state index < -0.39 is 41.0 Å². The molecule has 1 aromatic rings. The number of aromatic hydroxyl groups is 2. The van der Waals surface area contributed by atoms with Crippen LogP contribution in [0.15, 0.2) is 12.1 Å². The molecule has 1 aliphatic rings. The lowest BCUT2D eigenvalue weighted by Gasteiger charge is -2.38. The highest BCUT2D eigenvalue weighted by molar-refractivity contribution is 6.07. The van der Waals surface area contributed by atoms with Crippen molar-refractivity contribution in [2.24, 2.45) is 0 Å². The first-order chi connectivity index (χ1) is 12.3. The molecule has 2 rings (SSSR count). The standard InChI is InChI=1S/C17H21NO8/c1-4-25-15(22)17(16(23)26-5-2)10-8-13(20)12(19)7-9(10)6-11(18-17)14(21)24-3/h7-8,11,18-20H,4-6H2,1-3H3/t11-/m0/s1. The molecule has 0 radical (unpaired) electrons. The maximum Gasteiger partial charge on any atom is 0.342 e. The molecule has 9 nitrogen and oxygen atoms in total. The molecule has 1 atom stereocenters. The number of carbonyl (C=O) groups excluding carboxylic acids is 3. The van der Waals surface area contributed by atoms with Gasteiger partial charge in [0.2, 0.25) is 5.54 Å². The molecule has 3 N–H and O–H groups in total. The molecule has 26 heavy (non-hydrogen) atoms. The van der Waals surface area contributed by atoms with Gasteiger partial charge in [-0.1, -0.05) is 0 Å². The van der Waals surface area contributed by atoms with Crippen LogP contribution in [-0.2, 0) is 40.6 Å². The predicted octanol–water partition coefficient (Wildman–Crippen LogP) is 0.107. The Bertz CT molecular complexity index is 712. The summed E-state index contributed by atoms with van der Waals surface area (Å²) in [5, 5.41) is 22.3. The fourth-order valence-corrected chi connectivity index (χ4v) is 2.93. The third-order valence-electron chi connectivity index (χ3n) is 4.07. The van der Waals surface area contributed by atoms with E-state index >= 15 is 0 Å². The number of methoxy groups -OCH3 is 1. The van der Waals surface area contributed by atoms with Crippen molar-refractivity contribution in [1.29, 1.82) is 0 Å². The third kappa shape index (κ3) is 3.17. The van der Waals surface area contributed by atoms with Crippen LogP contribution in [0.3, 0.4) is 0 Å². The van der Waals surface area contributed by atoms with Gasteiger partial charge in [0.15, 0.2) is 11.5 Å². The molecule has 0 amide bonds. The molecule has 1 heterocycles. The Morgan fingerprint density at radius 1 is 1.12 bits per heavy atom. The summed E-state index contributed by atoms with van der Waals surface area (Å²) in [6.45, 7) is 3.08. The average molecular weight is 367 g/mol. The molecule has 0 bridgehead atoms. The number of benzene rings is 1. The third-order valence-corrected chi connectivity index (χ3v) is 4.07. The maximum atomic E-state index is 12.8. The number of phenols is 2. The number of rotatable bonds is 5. The quantitative estimate of drug-likeness (QED) is 0.287. The molecular formula is C17H21NO8. The minimum atomic E-state index is -2.18. The Hall–Kier alpha value is -2.81. The Morgan fingerprint density at radius 3 is 2.15 bits per heavy atom. The first kappa shape index (κ1) is 19.5. The molecule has 0 aromatic heterocycles. The second-order valence-electron chi connectivity index (χ2n) is 5.61. The number of nitrogens with one attached hydrogen (secondary N) is 1. The number of esters is 3. The summed E-state index contributed by atoms with van der Waals surface area (Å²) in [5.74, 6) is -3.66. The van der Waals surface area contributed by atoms with Gasteiger partial charge in [0.05, 0.1) is 20.3 Å². The Labute approximate surface area is 149 Å². The van der Waals surface area contributed by atoms with Crippen LogP contribution in [0.25, 0.3) is 0 Å². The number of hydrogen-bond donors (Lipinski definition) is 3. The highest BCUT2D eigenvalue weighted by atomic mass is 16.6. The second-order valence-corrected chi connectivity index (χ2v) is 5.61. The van der Waals surface area contributed by atoms with Gasteiger partial charge in [-0.2, -0.15) is 0 Å². The maximum absolute atomic E-state index is 12.8. The largest absolute Gasteiger partial charge is 0.504 e. The smallest absolute Gasteiger partial charge is 0.342 e. The van der Waals surface area contributed by atoms with Crippen molar-refractivity contribution in [3.05, 3.63) is 23.3 Å². The molecule has 0 saturated carbocycles. The van der Waals surface area contributed by atoms with Crippen LogP contribution in [0, 0.1) is 0 Å². The molecule has 9 heteroatoms. The van der Waals surface area contributed by atoms with Gasteiger partial charge in [0.25, 0.3) is 0 Å². The molecular weight excluding hydrogens is 346 g/mol. The highest BCUT2D eigenvalue weighted by Crippen LogP contribution is 2.39. The van der Waals surface area contributed by atoms with Gasteiger partial charge < -0.3 is 24.4 Å². The molecule has 0 fully saturated rings. The van der Waals surface area contributed by atoms with Crippen LogP contribution in [-0.4, -0.2) is 54.5 Å².